The minimum atomic E-state index is -1.47. The first-order valence-electron chi connectivity index (χ1n) is 4.82. The summed E-state index contributed by atoms with van der Waals surface area (Å²) in [7, 11) is 1.71. The Labute approximate surface area is 88.1 Å². The fourth-order valence-electron chi connectivity index (χ4n) is 0.932. The Bertz CT molecular complexity index is 125. The number of hydrogen-bond acceptors (Lipinski definition) is 5. The standard InChI is InChI=1S/C8H21N2O3Si/c1-4-10(9)7-5-6-8-13-14(11-2)12-3/h4-9H2,1-3H3. The Balaban J connectivity index is 3.20. The van der Waals surface area contributed by atoms with E-state index in [1.54, 1.807) is 19.2 Å². The van der Waals surface area contributed by atoms with Crippen LogP contribution in [0.25, 0.3) is 0 Å². The molecule has 0 aromatic heterocycles. The third-order valence-electron chi connectivity index (χ3n) is 1.80. The topological polar surface area (TPSA) is 57.0 Å². The maximum atomic E-state index is 5.62. The molecule has 85 valence electrons. The second kappa shape index (κ2) is 9.57. The molecule has 0 aromatic carbocycles. The van der Waals surface area contributed by atoms with Gasteiger partial charge in [-0.05, 0) is 12.8 Å². The number of rotatable bonds is 9. The molecule has 0 amide bonds. The molecule has 0 bridgehead atoms. The average Bonchev–Trinajstić information content (AvgIpc) is 2.23. The normalized spacial score (nSPS) is 11.6. The van der Waals surface area contributed by atoms with Gasteiger partial charge in [0.1, 0.15) is 0 Å². The fourth-order valence-corrected chi connectivity index (χ4v) is 1.65. The quantitative estimate of drug-likeness (QED) is 0.262. The van der Waals surface area contributed by atoms with Crippen molar-refractivity contribution in [2.24, 2.45) is 5.84 Å². The molecule has 6 heteroatoms. The molecule has 0 fully saturated rings. The van der Waals surface area contributed by atoms with Crippen molar-refractivity contribution in [1.29, 1.82) is 0 Å². The van der Waals surface area contributed by atoms with Crippen LogP contribution in [0.2, 0.25) is 0 Å². The Hall–Kier alpha value is 0.0169. The van der Waals surface area contributed by atoms with E-state index in [2.05, 4.69) is 0 Å². The zero-order valence-electron chi connectivity index (χ0n) is 9.28. The third kappa shape index (κ3) is 7.42. The van der Waals surface area contributed by atoms with E-state index < -0.39 is 9.53 Å². The smallest absolute Gasteiger partial charge is 0.375 e. The first kappa shape index (κ1) is 14.0. The van der Waals surface area contributed by atoms with E-state index in [4.69, 9.17) is 19.1 Å². The summed E-state index contributed by atoms with van der Waals surface area (Å²) >= 11 is 0. The Morgan fingerprint density at radius 3 is 2.36 bits per heavy atom. The van der Waals surface area contributed by atoms with Crippen molar-refractivity contribution in [2.45, 2.75) is 19.8 Å². The highest BCUT2D eigenvalue weighted by Crippen LogP contribution is 1.95. The lowest BCUT2D eigenvalue weighted by molar-refractivity contribution is 0.131. The van der Waals surface area contributed by atoms with E-state index in [1.807, 2.05) is 6.92 Å². The summed E-state index contributed by atoms with van der Waals surface area (Å²) in [5, 5.41) is 1.79. The van der Waals surface area contributed by atoms with E-state index in [1.165, 1.54) is 0 Å². The SMILES string of the molecule is CCN(N)CCCCO[Si](OC)OC. The molecule has 0 saturated heterocycles. The van der Waals surface area contributed by atoms with Crippen LogP contribution in [0.1, 0.15) is 19.8 Å². The van der Waals surface area contributed by atoms with Crippen molar-refractivity contribution in [1.82, 2.24) is 5.01 Å². The van der Waals surface area contributed by atoms with Crippen molar-refractivity contribution in [3.05, 3.63) is 0 Å². The van der Waals surface area contributed by atoms with Gasteiger partial charge in [0.05, 0.1) is 0 Å². The molecule has 0 aliphatic heterocycles. The zero-order chi connectivity index (χ0) is 10.8. The van der Waals surface area contributed by atoms with Crippen LogP contribution in [0.4, 0.5) is 0 Å². The number of hydrogen-bond donors (Lipinski definition) is 1. The number of nitrogens with zero attached hydrogens (tertiary/aromatic N) is 1. The molecule has 1 radical (unpaired) electrons. The summed E-state index contributed by atoms with van der Waals surface area (Å²) in [6, 6.07) is 0. The third-order valence-corrected chi connectivity index (χ3v) is 2.91. The van der Waals surface area contributed by atoms with Gasteiger partial charge < -0.3 is 13.3 Å². The van der Waals surface area contributed by atoms with Gasteiger partial charge in [-0.15, -0.1) is 0 Å². The molecule has 0 saturated carbocycles. The molecule has 0 aliphatic carbocycles. The summed E-state index contributed by atoms with van der Waals surface area (Å²) in [6.07, 6.45) is 2.02. The Morgan fingerprint density at radius 1 is 1.21 bits per heavy atom. The van der Waals surface area contributed by atoms with Crippen LogP contribution in [-0.4, -0.2) is 48.5 Å². The van der Waals surface area contributed by atoms with Crippen LogP contribution in [0.3, 0.4) is 0 Å². The number of nitrogens with two attached hydrogens (primary N) is 1. The first-order valence-corrected chi connectivity index (χ1v) is 6.04. The van der Waals surface area contributed by atoms with Gasteiger partial charge in [0.25, 0.3) is 0 Å². The number of hydrazine groups is 1. The minimum absolute atomic E-state index is 0.674. The van der Waals surface area contributed by atoms with Crippen LogP contribution in [0.15, 0.2) is 0 Å². The summed E-state index contributed by atoms with van der Waals surface area (Å²) < 4.78 is 15.3. The molecule has 0 rings (SSSR count). The van der Waals surface area contributed by atoms with Crippen LogP contribution in [-0.2, 0) is 13.3 Å². The fraction of sp³-hybridized carbons (Fsp3) is 1.00. The molecule has 0 atom stereocenters. The Kier molecular flexibility index (Phi) is 9.58. The maximum absolute atomic E-state index is 5.62. The van der Waals surface area contributed by atoms with Crippen molar-refractivity contribution < 1.29 is 13.3 Å². The van der Waals surface area contributed by atoms with Crippen molar-refractivity contribution in [3.8, 4) is 0 Å². The minimum Gasteiger partial charge on any atom is -0.375 e. The molecule has 0 heterocycles. The summed E-state index contributed by atoms with van der Waals surface area (Å²) in [5.41, 5.74) is 0. The predicted molar refractivity (Wildman–Crippen MR) is 56.4 cm³/mol. The Morgan fingerprint density at radius 2 is 1.86 bits per heavy atom. The highest BCUT2D eigenvalue weighted by Gasteiger charge is 2.13. The molecule has 0 unspecified atom stereocenters. The van der Waals surface area contributed by atoms with Crippen molar-refractivity contribution >= 4 is 9.53 Å². The van der Waals surface area contributed by atoms with E-state index in [0.717, 1.165) is 25.9 Å². The van der Waals surface area contributed by atoms with Crippen LogP contribution in [0.5, 0.6) is 0 Å². The summed E-state index contributed by atoms with van der Waals surface area (Å²) in [6.45, 7) is 4.49. The van der Waals surface area contributed by atoms with Crippen molar-refractivity contribution in [2.75, 3.05) is 33.9 Å². The first-order chi connectivity index (χ1) is 6.74. The molecule has 14 heavy (non-hydrogen) atoms. The predicted octanol–water partition coefficient (Wildman–Crippen LogP) is 0.257. The van der Waals surface area contributed by atoms with Gasteiger partial charge in [-0.3, -0.25) is 5.84 Å². The number of unbranched alkanes of at least 4 members (excludes halogenated alkanes) is 1. The van der Waals surface area contributed by atoms with Gasteiger partial charge in [-0.1, -0.05) is 6.92 Å². The van der Waals surface area contributed by atoms with Gasteiger partial charge in [0, 0.05) is 33.9 Å². The maximum Gasteiger partial charge on any atom is 0.577 e. The average molecular weight is 221 g/mol. The van der Waals surface area contributed by atoms with E-state index in [0.29, 0.717) is 6.61 Å². The molecule has 2 N–H and O–H groups in total. The van der Waals surface area contributed by atoms with Crippen molar-refractivity contribution in [3.63, 3.8) is 0 Å². The van der Waals surface area contributed by atoms with E-state index in [9.17, 15) is 0 Å². The lowest BCUT2D eigenvalue weighted by Crippen LogP contribution is -2.31. The molecular weight excluding hydrogens is 200 g/mol. The second-order valence-electron chi connectivity index (χ2n) is 2.84. The largest absolute Gasteiger partial charge is 0.577 e. The van der Waals surface area contributed by atoms with Crippen LogP contribution >= 0.6 is 0 Å². The molecule has 0 aromatic rings. The lowest BCUT2D eigenvalue weighted by Gasteiger charge is -2.13. The van der Waals surface area contributed by atoms with E-state index >= 15 is 0 Å². The van der Waals surface area contributed by atoms with Gasteiger partial charge in [0.2, 0.25) is 0 Å². The highest BCUT2D eigenvalue weighted by molar-refractivity contribution is 6.36. The van der Waals surface area contributed by atoms with E-state index in [-0.39, 0.29) is 0 Å². The molecule has 5 nitrogen and oxygen atoms in total. The van der Waals surface area contributed by atoms with Gasteiger partial charge >= 0.3 is 9.53 Å². The van der Waals surface area contributed by atoms with Crippen LogP contribution in [0, 0.1) is 0 Å². The zero-order valence-corrected chi connectivity index (χ0v) is 10.3. The van der Waals surface area contributed by atoms with Gasteiger partial charge in [-0.25, -0.2) is 5.01 Å². The molecule has 0 aliphatic rings. The monoisotopic (exact) mass is 221 g/mol. The highest BCUT2D eigenvalue weighted by atomic mass is 28.3. The summed E-state index contributed by atoms with van der Waals surface area (Å²) in [5.74, 6) is 5.62. The molecular formula is C8H21N2O3Si. The summed E-state index contributed by atoms with van der Waals surface area (Å²) in [4.78, 5) is 0. The second-order valence-corrected chi connectivity index (χ2v) is 4.45. The van der Waals surface area contributed by atoms with Crippen LogP contribution < -0.4 is 5.84 Å². The lowest BCUT2D eigenvalue weighted by atomic mass is 10.3. The van der Waals surface area contributed by atoms with Gasteiger partial charge in [0.15, 0.2) is 0 Å². The van der Waals surface area contributed by atoms with Gasteiger partial charge in [-0.2, -0.15) is 0 Å². The molecule has 0 spiro atoms.